The van der Waals surface area contributed by atoms with Crippen LogP contribution in [0.25, 0.3) is 17.7 Å². The van der Waals surface area contributed by atoms with Gasteiger partial charge in [-0.1, -0.05) is 49.6 Å². The first-order valence-electron chi connectivity index (χ1n) is 13.0. The van der Waals surface area contributed by atoms with Crippen LogP contribution < -0.4 is 9.75 Å². The molecular weight excluding hydrogens is 436 g/mol. The van der Waals surface area contributed by atoms with Crippen LogP contribution in [0.5, 0.6) is 0 Å². The zero-order valence-corrected chi connectivity index (χ0v) is 21.2. The Morgan fingerprint density at radius 1 is 1.21 bits per heavy atom. The maximum atomic E-state index is 13.8. The maximum Gasteiger partial charge on any atom is 0.147 e. The molecule has 5 rings (SSSR count). The maximum absolute atomic E-state index is 13.8. The van der Waals surface area contributed by atoms with Crippen molar-refractivity contribution in [3.63, 3.8) is 0 Å². The zero-order chi connectivity index (χ0) is 23.4. The lowest BCUT2D eigenvalue weighted by molar-refractivity contribution is -0.129. The van der Waals surface area contributed by atoms with Crippen molar-refractivity contribution in [3.05, 3.63) is 69.0 Å². The van der Waals surface area contributed by atoms with E-state index in [1.807, 2.05) is 29.7 Å². The van der Waals surface area contributed by atoms with Gasteiger partial charge in [0.05, 0.1) is 11.1 Å². The number of pyridine rings is 1. The van der Waals surface area contributed by atoms with Crippen molar-refractivity contribution in [3.8, 4) is 0 Å². The van der Waals surface area contributed by atoms with Gasteiger partial charge in [0.15, 0.2) is 0 Å². The fourth-order valence-corrected chi connectivity index (χ4v) is 6.81. The first-order valence-corrected chi connectivity index (χ1v) is 13.9. The van der Waals surface area contributed by atoms with Crippen LogP contribution in [-0.2, 0) is 10.2 Å². The van der Waals surface area contributed by atoms with E-state index in [0.717, 1.165) is 57.4 Å². The van der Waals surface area contributed by atoms with Crippen LogP contribution in [-0.4, -0.2) is 35.3 Å². The average molecular weight is 473 g/mol. The molecule has 1 unspecified atom stereocenters. The molecule has 0 radical (unpaired) electrons. The molecule has 1 atom stereocenters. The highest BCUT2D eigenvalue weighted by atomic mass is 32.1. The topological polar surface area (TPSA) is 33.2 Å². The molecule has 1 saturated carbocycles. The summed E-state index contributed by atoms with van der Waals surface area (Å²) in [4.78, 5) is 21.0. The number of hydrogen-bond donors (Lipinski definition) is 0. The van der Waals surface area contributed by atoms with Crippen molar-refractivity contribution in [2.75, 3.05) is 19.6 Å². The number of ketones is 1. The molecule has 3 heterocycles. The molecule has 0 bridgehead atoms. The summed E-state index contributed by atoms with van der Waals surface area (Å²) in [6, 6.07) is 6.03. The predicted octanol–water partition coefficient (Wildman–Crippen LogP) is 5.25. The molecule has 0 saturated heterocycles. The summed E-state index contributed by atoms with van der Waals surface area (Å²) in [6.07, 6.45) is 21.9. The van der Waals surface area contributed by atoms with Gasteiger partial charge in [-0.15, -0.1) is 11.3 Å². The van der Waals surface area contributed by atoms with Gasteiger partial charge in [0, 0.05) is 29.7 Å². The van der Waals surface area contributed by atoms with E-state index in [1.54, 1.807) is 0 Å². The third kappa shape index (κ3) is 4.89. The summed E-state index contributed by atoms with van der Waals surface area (Å²) in [6.45, 7) is 5.09. The quantitative estimate of drug-likeness (QED) is 0.552. The molecular formula is C30H36N2OS. The monoisotopic (exact) mass is 472 g/mol. The molecule has 2 aromatic heterocycles. The van der Waals surface area contributed by atoms with Crippen LogP contribution in [0.2, 0.25) is 0 Å². The lowest BCUT2D eigenvalue weighted by atomic mass is 9.70. The van der Waals surface area contributed by atoms with Crippen LogP contribution in [0.3, 0.4) is 0 Å². The minimum atomic E-state index is -0.504. The molecule has 0 N–H and O–H groups in total. The first-order chi connectivity index (χ1) is 16.6. The van der Waals surface area contributed by atoms with E-state index in [2.05, 4.69) is 58.6 Å². The summed E-state index contributed by atoms with van der Waals surface area (Å²) in [5, 5.41) is 3.75. The number of fused-ring (bicyclic) bond motifs is 1. The number of Topliss-reactive ketones (excluding diaryl/α,β-unsaturated/α-hetero) is 1. The van der Waals surface area contributed by atoms with Crippen molar-refractivity contribution < 1.29 is 4.79 Å². The number of hydrogen-bond acceptors (Lipinski definition) is 4. The van der Waals surface area contributed by atoms with E-state index in [4.69, 9.17) is 0 Å². The highest BCUT2D eigenvalue weighted by molar-refractivity contribution is 7.08. The third-order valence-electron chi connectivity index (χ3n) is 8.02. The van der Waals surface area contributed by atoms with Crippen molar-refractivity contribution in [2.45, 2.75) is 63.7 Å². The number of allylic oxidation sites excluding steroid dienone is 2. The molecule has 2 aromatic rings. The molecule has 0 aromatic carbocycles. The van der Waals surface area contributed by atoms with Crippen LogP contribution in [0.4, 0.5) is 0 Å². The van der Waals surface area contributed by atoms with Gasteiger partial charge in [0.2, 0.25) is 0 Å². The van der Waals surface area contributed by atoms with E-state index in [-0.39, 0.29) is 5.92 Å². The highest BCUT2D eigenvalue weighted by Gasteiger charge is 2.40. The van der Waals surface area contributed by atoms with E-state index in [0.29, 0.717) is 5.78 Å². The summed E-state index contributed by atoms with van der Waals surface area (Å²) in [5.41, 5.74) is 3.34. The van der Waals surface area contributed by atoms with E-state index >= 15 is 0 Å². The van der Waals surface area contributed by atoms with Gasteiger partial charge in [0.1, 0.15) is 5.78 Å². The summed E-state index contributed by atoms with van der Waals surface area (Å²) in [7, 11) is 0. The molecule has 1 aliphatic heterocycles. The lowest BCUT2D eigenvalue weighted by Gasteiger charge is -2.35. The number of nitrogens with zero attached hydrogens (tertiary/aromatic N) is 2. The van der Waals surface area contributed by atoms with Gasteiger partial charge < -0.3 is 0 Å². The van der Waals surface area contributed by atoms with Crippen LogP contribution in [0, 0.1) is 5.92 Å². The molecule has 178 valence electrons. The fourth-order valence-electron chi connectivity index (χ4n) is 5.81. The summed E-state index contributed by atoms with van der Waals surface area (Å²) in [5.74, 6) is 0.616. The molecule has 3 nitrogen and oxygen atoms in total. The van der Waals surface area contributed by atoms with Gasteiger partial charge in [0.25, 0.3) is 0 Å². The zero-order valence-electron chi connectivity index (χ0n) is 20.3. The Labute approximate surface area is 207 Å². The van der Waals surface area contributed by atoms with Gasteiger partial charge >= 0.3 is 0 Å². The van der Waals surface area contributed by atoms with Crippen molar-refractivity contribution >= 4 is 34.8 Å². The summed E-state index contributed by atoms with van der Waals surface area (Å²) >= 11 is 1.85. The van der Waals surface area contributed by atoms with Crippen molar-refractivity contribution in [2.24, 2.45) is 5.92 Å². The number of thiophene rings is 1. The highest BCUT2D eigenvalue weighted by Crippen LogP contribution is 2.36. The van der Waals surface area contributed by atoms with Crippen LogP contribution in [0.15, 0.2) is 48.0 Å². The number of carbonyl (C=O) groups is 1. The summed E-state index contributed by atoms with van der Waals surface area (Å²) < 4.78 is 1.37. The predicted molar refractivity (Wildman–Crippen MR) is 143 cm³/mol. The number of rotatable bonds is 7. The molecule has 2 aliphatic carbocycles. The van der Waals surface area contributed by atoms with Crippen molar-refractivity contribution in [1.29, 1.82) is 0 Å². The van der Waals surface area contributed by atoms with E-state index in [1.165, 1.54) is 40.2 Å². The molecule has 3 aliphatic rings. The Balaban J connectivity index is 1.29. The SMILES string of the molecule is CC(CCN1CC=C(c2csc3c2=CCC=CC=3)CC1)(C(=O)C1CCCCC1)c1ccccn1. The average Bonchev–Trinajstić information content (AvgIpc) is 3.16. The molecule has 0 amide bonds. The van der Waals surface area contributed by atoms with Gasteiger partial charge in [-0.05, 0) is 85.5 Å². The Bertz CT molecular complexity index is 1190. The van der Waals surface area contributed by atoms with Crippen LogP contribution >= 0.6 is 11.3 Å². The molecule has 0 spiro atoms. The number of aromatic nitrogens is 1. The normalized spacial score (nSPS) is 20.9. The minimum absolute atomic E-state index is 0.199. The Kier molecular flexibility index (Phi) is 7.26. The third-order valence-corrected chi connectivity index (χ3v) is 8.98. The Morgan fingerprint density at radius 3 is 2.85 bits per heavy atom. The molecule has 4 heteroatoms. The standard InChI is InChI=1S/C30H36N2OS/c1-30(28-14-8-9-18-31-28,29(33)24-10-4-2-5-11-24)17-21-32-19-15-23(16-20-32)26-22-34-27-13-7-3-6-12-25(26)27/h3,7-9,12-15,18,22,24H,2,4-6,10-11,16-17,19-21H2,1H3. The largest absolute Gasteiger partial charge is 0.299 e. The Morgan fingerprint density at radius 2 is 2.09 bits per heavy atom. The fraction of sp³-hybridized carbons (Fsp3) is 0.467. The lowest BCUT2D eigenvalue weighted by Crippen LogP contribution is -2.42. The Hall–Kier alpha value is -2.30. The van der Waals surface area contributed by atoms with Gasteiger partial charge in [-0.3, -0.25) is 14.7 Å². The van der Waals surface area contributed by atoms with E-state index < -0.39 is 5.41 Å². The van der Waals surface area contributed by atoms with Crippen molar-refractivity contribution in [1.82, 2.24) is 9.88 Å². The van der Waals surface area contributed by atoms with Gasteiger partial charge in [-0.2, -0.15) is 0 Å². The smallest absolute Gasteiger partial charge is 0.147 e. The second kappa shape index (κ2) is 10.5. The molecule has 1 fully saturated rings. The number of carbonyl (C=O) groups excluding carboxylic acids is 1. The van der Waals surface area contributed by atoms with Crippen LogP contribution in [0.1, 0.15) is 69.5 Å². The van der Waals surface area contributed by atoms with Gasteiger partial charge in [-0.25, -0.2) is 0 Å². The minimum Gasteiger partial charge on any atom is -0.299 e. The van der Waals surface area contributed by atoms with E-state index in [9.17, 15) is 4.79 Å². The second-order valence-corrected chi connectivity index (χ2v) is 11.1. The second-order valence-electron chi connectivity index (χ2n) is 10.2. The first kappa shape index (κ1) is 23.4. The molecule has 34 heavy (non-hydrogen) atoms.